The van der Waals surface area contributed by atoms with Crippen molar-refractivity contribution in [3.05, 3.63) is 84.3 Å². The molecule has 6 nitrogen and oxygen atoms in total. The van der Waals surface area contributed by atoms with Gasteiger partial charge in [-0.2, -0.15) is 0 Å². The summed E-state index contributed by atoms with van der Waals surface area (Å²) >= 11 is 0. The highest BCUT2D eigenvalue weighted by molar-refractivity contribution is 5.60. The number of aromatic nitrogens is 1. The van der Waals surface area contributed by atoms with Gasteiger partial charge in [0, 0.05) is 12.2 Å². The van der Waals surface area contributed by atoms with Gasteiger partial charge >= 0.3 is 0 Å². The van der Waals surface area contributed by atoms with E-state index in [0.717, 1.165) is 28.3 Å². The summed E-state index contributed by atoms with van der Waals surface area (Å²) in [5, 5.41) is 9.26. The van der Waals surface area contributed by atoms with Crippen LogP contribution in [0.4, 0.5) is 0 Å². The zero-order valence-corrected chi connectivity index (χ0v) is 19.4. The lowest BCUT2D eigenvalue weighted by molar-refractivity contribution is 0.0540. The average Bonchev–Trinajstić information content (AvgIpc) is 2.82. The van der Waals surface area contributed by atoms with E-state index in [1.54, 1.807) is 0 Å². The minimum Gasteiger partial charge on any atom is -0.509 e. The number of rotatable bonds is 12. The Hall–Kier alpha value is -3.51. The molecular formula is C27H31NO5. The van der Waals surface area contributed by atoms with Gasteiger partial charge in [0.2, 0.25) is 0 Å². The molecule has 3 aromatic rings. The fraction of sp³-hybridized carbons (Fsp3) is 0.296. The van der Waals surface area contributed by atoms with Gasteiger partial charge in [0.15, 0.2) is 6.10 Å². The Labute approximate surface area is 195 Å². The van der Waals surface area contributed by atoms with Crippen LogP contribution in [-0.2, 0) is 4.74 Å². The topological polar surface area (TPSA) is 70.0 Å². The van der Waals surface area contributed by atoms with E-state index >= 15 is 0 Å². The van der Waals surface area contributed by atoms with Crippen molar-refractivity contribution in [2.24, 2.45) is 0 Å². The molecule has 1 N–H and O–H groups in total. The Morgan fingerprint density at radius 2 is 1.73 bits per heavy atom. The van der Waals surface area contributed by atoms with Gasteiger partial charge in [-0.3, -0.25) is 0 Å². The van der Waals surface area contributed by atoms with Gasteiger partial charge in [0.25, 0.3) is 0 Å². The summed E-state index contributed by atoms with van der Waals surface area (Å²) < 4.78 is 23.0. The summed E-state index contributed by atoms with van der Waals surface area (Å²) in [6.45, 7) is 10.9. The zero-order valence-electron chi connectivity index (χ0n) is 19.4. The first kappa shape index (κ1) is 24.1. The molecular weight excluding hydrogens is 418 g/mol. The average molecular weight is 450 g/mol. The number of benzene rings is 2. The van der Waals surface area contributed by atoms with E-state index in [4.69, 9.17) is 23.9 Å². The number of pyridine rings is 1. The maximum Gasteiger partial charge on any atom is 0.164 e. The van der Waals surface area contributed by atoms with E-state index in [1.165, 1.54) is 0 Å². The number of aliphatic hydroxyl groups is 1. The molecule has 1 unspecified atom stereocenters. The van der Waals surface area contributed by atoms with Crippen molar-refractivity contribution >= 4 is 0 Å². The van der Waals surface area contributed by atoms with Gasteiger partial charge in [-0.15, -0.1) is 0 Å². The van der Waals surface area contributed by atoms with Crippen molar-refractivity contribution in [1.82, 2.24) is 4.98 Å². The van der Waals surface area contributed by atoms with Crippen molar-refractivity contribution in [3.63, 3.8) is 0 Å². The minimum atomic E-state index is -0.379. The third kappa shape index (κ3) is 6.99. The van der Waals surface area contributed by atoms with Crippen LogP contribution in [0.15, 0.2) is 73.0 Å². The normalized spacial score (nSPS) is 11.6. The van der Waals surface area contributed by atoms with Gasteiger partial charge < -0.3 is 24.1 Å². The van der Waals surface area contributed by atoms with E-state index in [2.05, 4.69) is 6.58 Å². The Kier molecular flexibility index (Phi) is 8.72. The van der Waals surface area contributed by atoms with Gasteiger partial charge in [-0.1, -0.05) is 12.6 Å². The molecule has 0 spiro atoms. The zero-order chi connectivity index (χ0) is 23.6. The van der Waals surface area contributed by atoms with Crippen LogP contribution in [0.3, 0.4) is 0 Å². The van der Waals surface area contributed by atoms with Crippen molar-refractivity contribution < 1.29 is 24.1 Å². The second-order valence-electron chi connectivity index (χ2n) is 7.45. The number of aliphatic hydroxyl groups excluding tert-OH is 1. The number of ether oxygens (including phenoxy) is 4. The van der Waals surface area contributed by atoms with E-state index in [-0.39, 0.29) is 18.5 Å². The maximum atomic E-state index is 9.26. The van der Waals surface area contributed by atoms with Crippen LogP contribution in [0.5, 0.6) is 17.2 Å². The van der Waals surface area contributed by atoms with E-state index < -0.39 is 0 Å². The SMILES string of the molecule is C=C(O)COc1ccc(OC(COCC)c2cccc(-c3ccc(OCC)cc3)n2)cc1C. The third-order valence-corrected chi connectivity index (χ3v) is 4.85. The highest BCUT2D eigenvalue weighted by atomic mass is 16.5. The number of nitrogens with zero attached hydrogens (tertiary/aromatic N) is 1. The molecule has 1 aromatic heterocycles. The molecule has 3 rings (SSSR count). The molecule has 174 valence electrons. The van der Waals surface area contributed by atoms with Crippen molar-refractivity contribution in [2.75, 3.05) is 26.4 Å². The van der Waals surface area contributed by atoms with Gasteiger partial charge in [0.1, 0.15) is 29.6 Å². The predicted molar refractivity (Wildman–Crippen MR) is 129 cm³/mol. The molecule has 0 bridgehead atoms. The molecule has 33 heavy (non-hydrogen) atoms. The molecule has 1 heterocycles. The molecule has 1 atom stereocenters. The summed E-state index contributed by atoms with van der Waals surface area (Å²) in [4.78, 5) is 4.85. The molecule has 0 fully saturated rings. The maximum absolute atomic E-state index is 9.26. The van der Waals surface area contributed by atoms with Crippen molar-refractivity contribution in [3.8, 4) is 28.5 Å². The van der Waals surface area contributed by atoms with Crippen LogP contribution in [-0.4, -0.2) is 36.5 Å². The number of hydrogen-bond acceptors (Lipinski definition) is 6. The van der Waals surface area contributed by atoms with Crippen LogP contribution in [0.25, 0.3) is 11.3 Å². The first-order valence-corrected chi connectivity index (χ1v) is 11.0. The fourth-order valence-electron chi connectivity index (χ4n) is 3.27. The van der Waals surface area contributed by atoms with Crippen LogP contribution in [0.1, 0.15) is 31.2 Å². The molecule has 2 aromatic carbocycles. The Morgan fingerprint density at radius 1 is 0.970 bits per heavy atom. The minimum absolute atomic E-state index is 0.0232. The monoisotopic (exact) mass is 449 g/mol. The second kappa shape index (κ2) is 11.9. The molecule has 0 radical (unpaired) electrons. The summed E-state index contributed by atoms with van der Waals surface area (Å²) in [7, 11) is 0. The summed E-state index contributed by atoms with van der Waals surface area (Å²) in [6, 6.07) is 19.3. The Balaban J connectivity index is 1.80. The molecule has 0 saturated carbocycles. The first-order valence-electron chi connectivity index (χ1n) is 11.0. The predicted octanol–water partition coefficient (Wildman–Crippen LogP) is 6.06. The third-order valence-electron chi connectivity index (χ3n) is 4.85. The lowest BCUT2D eigenvalue weighted by Gasteiger charge is -2.20. The lowest BCUT2D eigenvalue weighted by atomic mass is 10.1. The van der Waals surface area contributed by atoms with E-state index in [1.807, 2.05) is 81.4 Å². The lowest BCUT2D eigenvalue weighted by Crippen LogP contribution is -2.16. The van der Waals surface area contributed by atoms with Gasteiger partial charge in [-0.05, 0) is 80.9 Å². The molecule has 0 amide bonds. The Bertz CT molecular complexity index is 1050. The molecule has 0 aliphatic heterocycles. The summed E-state index contributed by atoms with van der Waals surface area (Å²) in [5.74, 6) is 2.15. The number of aryl methyl sites for hydroxylation is 1. The highest BCUT2D eigenvalue weighted by Gasteiger charge is 2.17. The first-order chi connectivity index (χ1) is 16.0. The van der Waals surface area contributed by atoms with Crippen molar-refractivity contribution in [1.29, 1.82) is 0 Å². The summed E-state index contributed by atoms with van der Waals surface area (Å²) in [6.07, 6.45) is -0.379. The largest absolute Gasteiger partial charge is 0.509 e. The quantitative estimate of drug-likeness (QED) is 0.339. The molecule has 0 aliphatic carbocycles. The second-order valence-corrected chi connectivity index (χ2v) is 7.45. The van der Waals surface area contributed by atoms with Gasteiger partial charge in [0.05, 0.1) is 24.6 Å². The smallest absolute Gasteiger partial charge is 0.164 e. The number of hydrogen-bond donors (Lipinski definition) is 1. The van der Waals surface area contributed by atoms with Crippen LogP contribution < -0.4 is 14.2 Å². The van der Waals surface area contributed by atoms with Crippen LogP contribution >= 0.6 is 0 Å². The van der Waals surface area contributed by atoms with Crippen LogP contribution in [0, 0.1) is 6.92 Å². The summed E-state index contributed by atoms with van der Waals surface area (Å²) in [5.41, 5.74) is 3.52. The van der Waals surface area contributed by atoms with Crippen LogP contribution in [0.2, 0.25) is 0 Å². The standard InChI is InChI=1S/C27H31NO5/c1-5-30-18-27(33-23-14-15-26(19(3)16-23)32-17-20(4)29)25-9-7-8-24(28-25)21-10-12-22(13-11-21)31-6-2/h7-16,27,29H,4-6,17-18H2,1-3H3. The Morgan fingerprint density at radius 3 is 2.39 bits per heavy atom. The van der Waals surface area contributed by atoms with E-state index in [9.17, 15) is 5.11 Å². The molecule has 0 saturated heterocycles. The van der Waals surface area contributed by atoms with E-state index in [0.29, 0.717) is 31.3 Å². The fourth-order valence-corrected chi connectivity index (χ4v) is 3.27. The van der Waals surface area contributed by atoms with Gasteiger partial charge in [-0.25, -0.2) is 4.98 Å². The highest BCUT2D eigenvalue weighted by Crippen LogP contribution is 2.29. The van der Waals surface area contributed by atoms with Crippen molar-refractivity contribution in [2.45, 2.75) is 26.9 Å². The molecule has 0 aliphatic rings. The molecule has 6 heteroatoms.